The molecule has 0 spiro atoms. The third-order valence-electron chi connectivity index (χ3n) is 6.92. The van der Waals surface area contributed by atoms with E-state index < -0.39 is 53.2 Å². The molecule has 2 fully saturated rings. The van der Waals surface area contributed by atoms with Crippen LogP contribution < -0.4 is 10.6 Å². The number of rotatable bonds is 12. The molecule has 2 aliphatic rings. The first-order valence-corrected chi connectivity index (χ1v) is 13.0. The Morgan fingerprint density at radius 3 is 2.43 bits per heavy atom. The molecule has 0 radical (unpaired) electrons. The fourth-order valence-electron chi connectivity index (χ4n) is 4.89. The average molecular weight is 522 g/mol. The smallest absolute Gasteiger partial charge is 0.408 e. The van der Waals surface area contributed by atoms with Gasteiger partial charge < -0.3 is 30.1 Å². The van der Waals surface area contributed by atoms with Crippen molar-refractivity contribution in [2.24, 2.45) is 5.92 Å². The summed E-state index contributed by atoms with van der Waals surface area (Å²) >= 11 is 0. The Labute approximate surface area is 219 Å². The number of likely N-dealkylation sites (tertiary alicyclic amines) is 1. The van der Waals surface area contributed by atoms with Crippen molar-refractivity contribution in [3.63, 3.8) is 0 Å². The molecule has 1 heterocycles. The lowest BCUT2D eigenvalue weighted by Gasteiger charge is -2.46. The SMILES string of the molecule is C=CCCCCCC(NC(=O)OC(C)(C)C)C(=O)N1CC(O)CC1C(=O)NC1(C(=O)OC)CCC1C=C. The standard InChI is InChI=1S/C27H43N3O7/c1-7-9-10-11-12-13-20(28-25(35)37-26(3,4)5)23(33)30-17-19(31)16-21(30)22(32)29-27(24(34)36-6)15-14-18(27)8-2/h7-8,18-21,31H,1-2,9-17H2,3-6H3,(H,28,35)(H,29,32). The van der Waals surface area contributed by atoms with E-state index in [2.05, 4.69) is 23.8 Å². The summed E-state index contributed by atoms with van der Waals surface area (Å²) in [5.74, 6) is -1.90. The number of carbonyl (C=O) groups excluding carboxylic acids is 4. The molecule has 0 aromatic rings. The monoisotopic (exact) mass is 521 g/mol. The van der Waals surface area contributed by atoms with Gasteiger partial charge in [0.05, 0.1) is 13.2 Å². The van der Waals surface area contributed by atoms with Crippen molar-refractivity contribution in [3.8, 4) is 0 Å². The van der Waals surface area contributed by atoms with Crippen molar-refractivity contribution in [2.75, 3.05) is 13.7 Å². The fourth-order valence-corrected chi connectivity index (χ4v) is 4.89. The molecule has 1 aliphatic carbocycles. The van der Waals surface area contributed by atoms with E-state index in [9.17, 15) is 24.3 Å². The van der Waals surface area contributed by atoms with Gasteiger partial charge in [-0.1, -0.05) is 25.0 Å². The highest BCUT2D eigenvalue weighted by Gasteiger charge is 2.55. The number of aliphatic hydroxyl groups excluding tert-OH is 1. The number of aliphatic hydroxyl groups is 1. The van der Waals surface area contributed by atoms with Crippen LogP contribution in [-0.4, -0.2) is 76.9 Å². The first kappa shape index (κ1) is 30.3. The summed E-state index contributed by atoms with van der Waals surface area (Å²) < 4.78 is 10.3. The zero-order valence-corrected chi connectivity index (χ0v) is 22.6. The van der Waals surface area contributed by atoms with Crippen molar-refractivity contribution in [1.82, 2.24) is 15.5 Å². The third kappa shape index (κ3) is 7.80. The Kier molecular flexibility index (Phi) is 10.7. The molecule has 5 atom stereocenters. The Bertz CT molecular complexity index is 869. The highest BCUT2D eigenvalue weighted by Crippen LogP contribution is 2.41. The first-order valence-electron chi connectivity index (χ1n) is 13.0. The van der Waals surface area contributed by atoms with Gasteiger partial charge in [0.25, 0.3) is 0 Å². The van der Waals surface area contributed by atoms with Gasteiger partial charge in [0.1, 0.15) is 23.2 Å². The maximum Gasteiger partial charge on any atom is 0.408 e. The van der Waals surface area contributed by atoms with Gasteiger partial charge in [-0.2, -0.15) is 0 Å². The van der Waals surface area contributed by atoms with E-state index in [0.29, 0.717) is 25.7 Å². The number of nitrogens with one attached hydrogen (secondary N) is 2. The molecule has 37 heavy (non-hydrogen) atoms. The molecule has 3 N–H and O–H groups in total. The van der Waals surface area contributed by atoms with Crippen LogP contribution in [0.4, 0.5) is 4.79 Å². The van der Waals surface area contributed by atoms with Crippen LogP contribution in [0.25, 0.3) is 0 Å². The minimum Gasteiger partial charge on any atom is -0.467 e. The summed E-state index contributed by atoms with van der Waals surface area (Å²) in [6, 6.07) is -1.93. The van der Waals surface area contributed by atoms with E-state index in [-0.39, 0.29) is 18.9 Å². The maximum absolute atomic E-state index is 13.6. The number of methoxy groups -OCH3 is 1. The van der Waals surface area contributed by atoms with Crippen LogP contribution in [0.2, 0.25) is 0 Å². The minimum atomic E-state index is -1.24. The van der Waals surface area contributed by atoms with Crippen LogP contribution in [0.15, 0.2) is 25.3 Å². The van der Waals surface area contributed by atoms with Crippen LogP contribution in [-0.2, 0) is 23.9 Å². The third-order valence-corrected chi connectivity index (χ3v) is 6.92. The summed E-state index contributed by atoms with van der Waals surface area (Å²) in [5, 5.41) is 15.8. The number of nitrogens with zero attached hydrogens (tertiary/aromatic N) is 1. The van der Waals surface area contributed by atoms with Gasteiger partial charge in [0.2, 0.25) is 11.8 Å². The fraction of sp³-hybridized carbons (Fsp3) is 0.704. The van der Waals surface area contributed by atoms with Crippen molar-refractivity contribution in [1.29, 1.82) is 0 Å². The van der Waals surface area contributed by atoms with Crippen LogP contribution >= 0.6 is 0 Å². The predicted octanol–water partition coefficient (Wildman–Crippen LogP) is 2.60. The first-order chi connectivity index (χ1) is 17.4. The van der Waals surface area contributed by atoms with Crippen LogP contribution in [0.3, 0.4) is 0 Å². The van der Waals surface area contributed by atoms with Crippen LogP contribution in [0, 0.1) is 5.92 Å². The molecule has 0 aromatic carbocycles. The Morgan fingerprint density at radius 1 is 1.19 bits per heavy atom. The number of hydrogen-bond acceptors (Lipinski definition) is 7. The number of allylic oxidation sites excluding steroid dienone is 1. The molecule has 0 aromatic heterocycles. The normalized spacial score (nSPS) is 25.9. The van der Waals surface area contributed by atoms with Gasteiger partial charge in [-0.3, -0.25) is 9.59 Å². The summed E-state index contributed by atoms with van der Waals surface area (Å²) in [7, 11) is 1.26. The van der Waals surface area contributed by atoms with E-state index in [0.717, 1.165) is 19.3 Å². The van der Waals surface area contributed by atoms with Gasteiger partial charge in [0.15, 0.2) is 0 Å². The van der Waals surface area contributed by atoms with E-state index in [4.69, 9.17) is 9.47 Å². The van der Waals surface area contributed by atoms with E-state index in [1.54, 1.807) is 26.8 Å². The van der Waals surface area contributed by atoms with E-state index in [1.807, 2.05) is 6.08 Å². The zero-order valence-electron chi connectivity index (χ0n) is 22.6. The molecule has 208 valence electrons. The number of hydrogen-bond donors (Lipinski definition) is 3. The molecule has 0 bridgehead atoms. The molecule has 2 rings (SSSR count). The second kappa shape index (κ2) is 13.1. The zero-order chi connectivity index (χ0) is 27.8. The summed E-state index contributed by atoms with van der Waals surface area (Å²) in [4.78, 5) is 53.4. The summed E-state index contributed by atoms with van der Waals surface area (Å²) in [6.07, 6.45) is 6.48. The predicted molar refractivity (Wildman–Crippen MR) is 138 cm³/mol. The molecule has 1 saturated heterocycles. The molecule has 5 unspecified atom stereocenters. The Morgan fingerprint density at radius 2 is 1.89 bits per heavy atom. The molecule has 10 heteroatoms. The van der Waals surface area contributed by atoms with Crippen LogP contribution in [0.1, 0.15) is 72.1 Å². The van der Waals surface area contributed by atoms with Gasteiger partial charge in [0, 0.05) is 18.9 Å². The number of β-amino-alcohol motifs (C(OH)–C–C–N with tert-alkyl or cyclic N) is 1. The van der Waals surface area contributed by atoms with E-state index in [1.165, 1.54) is 12.0 Å². The number of alkyl carbamates (subject to hydrolysis) is 1. The number of esters is 1. The van der Waals surface area contributed by atoms with Crippen molar-refractivity contribution >= 4 is 23.9 Å². The van der Waals surface area contributed by atoms with Gasteiger partial charge in [-0.15, -0.1) is 13.2 Å². The molecule has 1 saturated carbocycles. The number of unbranched alkanes of at least 4 members (excludes halogenated alkanes) is 3. The van der Waals surface area contributed by atoms with Gasteiger partial charge >= 0.3 is 12.1 Å². The average Bonchev–Trinajstić information content (AvgIpc) is 3.20. The van der Waals surface area contributed by atoms with Crippen LogP contribution in [0.5, 0.6) is 0 Å². The Hall–Kier alpha value is -2.88. The molecular weight excluding hydrogens is 478 g/mol. The minimum absolute atomic E-state index is 0.0199. The van der Waals surface area contributed by atoms with Crippen molar-refractivity contribution in [2.45, 2.75) is 101 Å². The van der Waals surface area contributed by atoms with E-state index >= 15 is 0 Å². The Balaban J connectivity index is 2.20. The van der Waals surface area contributed by atoms with Gasteiger partial charge in [-0.05, 0) is 52.9 Å². The summed E-state index contributed by atoms with van der Waals surface area (Å²) in [5.41, 5.74) is -1.99. The second-order valence-corrected chi connectivity index (χ2v) is 10.9. The lowest BCUT2D eigenvalue weighted by Crippen LogP contribution is -2.67. The molecule has 3 amide bonds. The number of amides is 3. The van der Waals surface area contributed by atoms with Crippen molar-refractivity contribution < 1.29 is 33.8 Å². The van der Waals surface area contributed by atoms with Gasteiger partial charge in [-0.25, -0.2) is 9.59 Å². The molecular formula is C27H43N3O7. The lowest BCUT2D eigenvalue weighted by atomic mass is 9.66. The molecule has 1 aliphatic heterocycles. The number of ether oxygens (including phenoxy) is 2. The summed E-state index contributed by atoms with van der Waals surface area (Å²) in [6.45, 7) is 12.6. The number of carbonyl (C=O) groups is 4. The highest BCUT2D eigenvalue weighted by atomic mass is 16.6. The lowest BCUT2D eigenvalue weighted by molar-refractivity contribution is -0.159. The highest BCUT2D eigenvalue weighted by molar-refractivity contribution is 5.95. The quantitative estimate of drug-likeness (QED) is 0.204. The largest absolute Gasteiger partial charge is 0.467 e. The van der Waals surface area contributed by atoms with Crippen molar-refractivity contribution in [3.05, 3.63) is 25.3 Å². The topological polar surface area (TPSA) is 134 Å². The molecule has 10 nitrogen and oxygen atoms in total. The second-order valence-electron chi connectivity index (χ2n) is 10.9. The maximum atomic E-state index is 13.6.